The molecule has 0 unspecified atom stereocenters. The van der Waals surface area contributed by atoms with E-state index in [1.165, 1.54) is 0 Å². The normalized spacial score (nSPS) is 14.5. The molecule has 3 aromatic carbocycles. The number of morpholine rings is 1. The van der Waals surface area contributed by atoms with Gasteiger partial charge in [0, 0.05) is 36.3 Å². The molecular weight excluding hydrogens is 440 g/mol. The zero-order chi connectivity index (χ0) is 22.5. The van der Waals surface area contributed by atoms with Crippen LogP contribution in [-0.2, 0) is 4.74 Å². The van der Waals surface area contributed by atoms with Gasteiger partial charge in [-0.25, -0.2) is 4.98 Å². The number of halogens is 1. The predicted molar refractivity (Wildman–Crippen MR) is 128 cm³/mol. The van der Waals surface area contributed by atoms with Crippen molar-refractivity contribution in [1.82, 2.24) is 9.88 Å². The number of fused-ring (bicyclic) bond motifs is 1. The second-order valence-corrected chi connectivity index (χ2v) is 8.32. The Morgan fingerprint density at radius 1 is 0.879 bits per heavy atom. The molecule has 33 heavy (non-hydrogen) atoms. The van der Waals surface area contributed by atoms with Gasteiger partial charge >= 0.3 is 0 Å². The molecule has 1 aliphatic rings. The van der Waals surface area contributed by atoms with E-state index in [9.17, 15) is 0 Å². The van der Waals surface area contributed by atoms with E-state index < -0.39 is 0 Å². The van der Waals surface area contributed by atoms with Crippen LogP contribution < -0.4 is 9.47 Å². The number of aromatic nitrogens is 1. The van der Waals surface area contributed by atoms with Crippen molar-refractivity contribution in [3.05, 3.63) is 71.8 Å². The maximum Gasteiger partial charge on any atom is 0.227 e. The first-order chi connectivity index (χ1) is 16.2. The molecule has 0 atom stereocenters. The number of ether oxygens (including phenoxy) is 3. The van der Waals surface area contributed by atoms with E-state index in [4.69, 9.17) is 30.2 Å². The van der Waals surface area contributed by atoms with Crippen LogP contribution in [0.25, 0.3) is 22.6 Å². The zero-order valence-corrected chi connectivity index (χ0v) is 19.0. The maximum absolute atomic E-state index is 5.94. The van der Waals surface area contributed by atoms with Gasteiger partial charge in [0.2, 0.25) is 5.89 Å². The third-order valence-corrected chi connectivity index (χ3v) is 5.75. The molecule has 0 amide bonds. The number of rotatable bonds is 8. The smallest absolute Gasteiger partial charge is 0.227 e. The van der Waals surface area contributed by atoms with E-state index in [2.05, 4.69) is 9.88 Å². The third-order valence-electron chi connectivity index (χ3n) is 5.50. The molecule has 1 aromatic heterocycles. The Bertz CT molecular complexity index is 1190. The van der Waals surface area contributed by atoms with Gasteiger partial charge in [-0.05, 0) is 67.1 Å². The standard InChI is InChI=1S/C26H25ClN2O4/c27-20-4-8-22(9-5-20)32-23-10-11-25-24(18-23)28-26(33-25)19-2-6-21(7-3-19)31-15-1-12-29-13-16-30-17-14-29/h2-11,18H,1,12-17H2. The van der Waals surface area contributed by atoms with Gasteiger partial charge in [0.1, 0.15) is 22.8 Å². The lowest BCUT2D eigenvalue weighted by atomic mass is 10.2. The van der Waals surface area contributed by atoms with E-state index >= 15 is 0 Å². The van der Waals surface area contributed by atoms with Crippen LogP contribution in [0.5, 0.6) is 17.2 Å². The number of oxazole rings is 1. The molecule has 1 saturated heterocycles. The first-order valence-corrected chi connectivity index (χ1v) is 11.5. The van der Waals surface area contributed by atoms with Crippen molar-refractivity contribution in [2.24, 2.45) is 0 Å². The summed E-state index contributed by atoms with van der Waals surface area (Å²) in [6.07, 6.45) is 0.993. The van der Waals surface area contributed by atoms with Crippen LogP contribution in [0.1, 0.15) is 6.42 Å². The Balaban J connectivity index is 1.19. The Kier molecular flexibility index (Phi) is 6.76. The molecule has 0 spiro atoms. The first kappa shape index (κ1) is 21.8. The Hall–Kier alpha value is -3.06. The topological polar surface area (TPSA) is 57.0 Å². The SMILES string of the molecule is Clc1ccc(Oc2ccc3oc(-c4ccc(OCCCN5CCOCC5)cc4)nc3c2)cc1. The lowest BCUT2D eigenvalue weighted by molar-refractivity contribution is 0.0358. The highest BCUT2D eigenvalue weighted by Gasteiger charge is 2.11. The maximum atomic E-state index is 5.94. The minimum absolute atomic E-state index is 0.563. The zero-order valence-electron chi connectivity index (χ0n) is 18.2. The van der Waals surface area contributed by atoms with Crippen LogP contribution >= 0.6 is 11.6 Å². The van der Waals surface area contributed by atoms with E-state index in [1.807, 2.05) is 54.6 Å². The van der Waals surface area contributed by atoms with Gasteiger partial charge in [-0.1, -0.05) is 11.6 Å². The van der Waals surface area contributed by atoms with Crippen molar-refractivity contribution in [3.63, 3.8) is 0 Å². The number of hydrogen-bond acceptors (Lipinski definition) is 6. The summed E-state index contributed by atoms with van der Waals surface area (Å²) in [5.41, 5.74) is 2.34. The summed E-state index contributed by atoms with van der Waals surface area (Å²) >= 11 is 5.93. The van der Waals surface area contributed by atoms with Gasteiger partial charge in [0.15, 0.2) is 5.58 Å². The van der Waals surface area contributed by atoms with Crippen LogP contribution in [0.2, 0.25) is 5.02 Å². The molecule has 1 aliphatic heterocycles. The minimum Gasteiger partial charge on any atom is -0.494 e. The van der Waals surface area contributed by atoms with E-state index in [0.29, 0.717) is 34.6 Å². The second-order valence-electron chi connectivity index (χ2n) is 7.88. The quantitative estimate of drug-likeness (QED) is 0.296. The Morgan fingerprint density at radius 2 is 1.61 bits per heavy atom. The van der Waals surface area contributed by atoms with Crippen LogP contribution in [0.4, 0.5) is 0 Å². The van der Waals surface area contributed by atoms with E-state index in [0.717, 1.165) is 56.1 Å². The minimum atomic E-state index is 0.563. The summed E-state index contributed by atoms with van der Waals surface area (Å²) in [6, 6.07) is 20.7. The van der Waals surface area contributed by atoms with Gasteiger partial charge < -0.3 is 18.6 Å². The van der Waals surface area contributed by atoms with Gasteiger partial charge in [-0.2, -0.15) is 0 Å². The highest BCUT2D eigenvalue weighted by molar-refractivity contribution is 6.30. The fourth-order valence-electron chi connectivity index (χ4n) is 3.73. The molecule has 6 nitrogen and oxygen atoms in total. The highest BCUT2D eigenvalue weighted by Crippen LogP contribution is 2.30. The van der Waals surface area contributed by atoms with Crippen LogP contribution in [0, 0.1) is 0 Å². The Labute approximate surface area is 197 Å². The summed E-state index contributed by atoms with van der Waals surface area (Å²) in [5.74, 6) is 2.80. The molecule has 0 radical (unpaired) electrons. The summed E-state index contributed by atoms with van der Waals surface area (Å²) in [6.45, 7) is 5.40. The molecule has 7 heteroatoms. The van der Waals surface area contributed by atoms with E-state index in [-0.39, 0.29) is 0 Å². The van der Waals surface area contributed by atoms with E-state index in [1.54, 1.807) is 12.1 Å². The molecular formula is C26H25ClN2O4. The largest absolute Gasteiger partial charge is 0.494 e. The highest BCUT2D eigenvalue weighted by atomic mass is 35.5. The molecule has 0 saturated carbocycles. The average molecular weight is 465 g/mol. The molecule has 170 valence electrons. The van der Waals surface area contributed by atoms with Crippen molar-refractivity contribution in [1.29, 1.82) is 0 Å². The van der Waals surface area contributed by atoms with Crippen molar-refractivity contribution in [2.45, 2.75) is 6.42 Å². The van der Waals surface area contributed by atoms with Gasteiger partial charge in [0.25, 0.3) is 0 Å². The first-order valence-electron chi connectivity index (χ1n) is 11.1. The van der Waals surface area contributed by atoms with Gasteiger partial charge in [-0.3, -0.25) is 4.90 Å². The van der Waals surface area contributed by atoms with Crippen molar-refractivity contribution >= 4 is 22.7 Å². The van der Waals surface area contributed by atoms with Crippen molar-refractivity contribution < 1.29 is 18.6 Å². The second kappa shape index (κ2) is 10.3. The molecule has 4 aromatic rings. The van der Waals surface area contributed by atoms with Gasteiger partial charge in [0.05, 0.1) is 19.8 Å². The van der Waals surface area contributed by atoms with Crippen LogP contribution in [0.3, 0.4) is 0 Å². The molecule has 2 heterocycles. The molecule has 5 rings (SSSR count). The molecule has 0 aliphatic carbocycles. The predicted octanol–water partition coefficient (Wildman–Crippen LogP) is 6.04. The molecule has 0 N–H and O–H groups in total. The van der Waals surface area contributed by atoms with Crippen molar-refractivity contribution in [2.75, 3.05) is 39.5 Å². The molecule has 1 fully saturated rings. The van der Waals surface area contributed by atoms with Crippen LogP contribution in [-0.4, -0.2) is 49.3 Å². The Morgan fingerprint density at radius 3 is 2.39 bits per heavy atom. The fraction of sp³-hybridized carbons (Fsp3) is 0.269. The fourth-order valence-corrected chi connectivity index (χ4v) is 3.86. The number of hydrogen-bond donors (Lipinski definition) is 0. The summed E-state index contributed by atoms with van der Waals surface area (Å²) < 4.78 is 23.1. The lowest BCUT2D eigenvalue weighted by Crippen LogP contribution is -2.37. The lowest BCUT2D eigenvalue weighted by Gasteiger charge is -2.26. The van der Waals surface area contributed by atoms with Crippen LogP contribution in [0.15, 0.2) is 71.1 Å². The number of nitrogens with zero attached hydrogens (tertiary/aromatic N) is 2. The number of benzene rings is 3. The molecule has 0 bridgehead atoms. The summed E-state index contributed by atoms with van der Waals surface area (Å²) in [7, 11) is 0. The van der Waals surface area contributed by atoms with Gasteiger partial charge in [-0.15, -0.1) is 0 Å². The summed E-state index contributed by atoms with van der Waals surface area (Å²) in [4.78, 5) is 7.04. The summed E-state index contributed by atoms with van der Waals surface area (Å²) in [5, 5.41) is 0.670. The monoisotopic (exact) mass is 464 g/mol. The average Bonchev–Trinajstić information content (AvgIpc) is 3.28. The van der Waals surface area contributed by atoms with Crippen molar-refractivity contribution in [3.8, 4) is 28.7 Å². The third kappa shape index (κ3) is 5.66.